The predicted octanol–water partition coefficient (Wildman–Crippen LogP) is 0.690. The van der Waals surface area contributed by atoms with Crippen LogP contribution < -0.4 is 5.32 Å². The maximum absolute atomic E-state index is 5.14. The molecule has 0 aliphatic rings. The van der Waals surface area contributed by atoms with E-state index in [9.17, 15) is 0 Å². The van der Waals surface area contributed by atoms with Crippen LogP contribution in [-0.4, -0.2) is 29.5 Å². The molecule has 1 aromatic heterocycles. The molecule has 0 aromatic carbocycles. The molecule has 62 valence electrons. The Morgan fingerprint density at radius 1 is 1.55 bits per heavy atom. The number of rotatable bonds is 4. The normalized spacial score (nSPS) is 10.4. The maximum Gasteiger partial charge on any atom is 0.276 e. The molecule has 0 saturated heterocycles. The van der Waals surface area contributed by atoms with Crippen LogP contribution in [0.1, 0.15) is 5.89 Å². The van der Waals surface area contributed by atoms with Crippen molar-refractivity contribution in [1.82, 2.24) is 15.5 Å². The average molecular weight is 173 g/mol. The third kappa shape index (κ3) is 2.90. The van der Waals surface area contributed by atoms with Crippen LogP contribution >= 0.6 is 11.8 Å². The lowest BCUT2D eigenvalue weighted by Crippen LogP contribution is -2.09. The molecule has 0 bridgehead atoms. The zero-order chi connectivity index (χ0) is 8.10. The maximum atomic E-state index is 5.14. The predicted molar refractivity (Wildman–Crippen MR) is 43.7 cm³/mol. The highest BCUT2D eigenvalue weighted by molar-refractivity contribution is 7.99. The minimum absolute atomic E-state index is 0.622. The van der Waals surface area contributed by atoms with Crippen molar-refractivity contribution >= 4 is 11.8 Å². The van der Waals surface area contributed by atoms with Crippen LogP contribution in [0.15, 0.2) is 9.64 Å². The first-order chi connectivity index (χ1) is 5.33. The van der Waals surface area contributed by atoms with Crippen molar-refractivity contribution < 1.29 is 4.42 Å². The molecule has 0 spiro atoms. The number of thioether (sulfide) groups is 1. The highest BCUT2D eigenvalue weighted by Gasteiger charge is 2.00. The van der Waals surface area contributed by atoms with Crippen molar-refractivity contribution in [2.45, 2.75) is 12.1 Å². The summed E-state index contributed by atoms with van der Waals surface area (Å²) >= 11 is 1.56. The van der Waals surface area contributed by atoms with E-state index in [0.717, 1.165) is 12.3 Å². The van der Waals surface area contributed by atoms with E-state index in [-0.39, 0.29) is 0 Å². The Morgan fingerprint density at radius 3 is 2.91 bits per heavy atom. The highest BCUT2D eigenvalue weighted by Crippen LogP contribution is 2.14. The first-order valence-electron chi connectivity index (χ1n) is 3.40. The van der Waals surface area contributed by atoms with E-state index in [1.54, 1.807) is 18.7 Å². The van der Waals surface area contributed by atoms with Gasteiger partial charge in [0.25, 0.3) is 5.22 Å². The van der Waals surface area contributed by atoms with Crippen LogP contribution in [0.25, 0.3) is 0 Å². The second-order valence-electron chi connectivity index (χ2n) is 2.04. The summed E-state index contributed by atoms with van der Waals surface area (Å²) in [5, 5.41) is 11.2. The summed E-state index contributed by atoms with van der Waals surface area (Å²) in [7, 11) is 1.92. The lowest BCUT2D eigenvalue weighted by atomic mass is 10.8. The zero-order valence-corrected chi connectivity index (χ0v) is 7.44. The van der Waals surface area contributed by atoms with Gasteiger partial charge < -0.3 is 9.73 Å². The van der Waals surface area contributed by atoms with Gasteiger partial charge in [-0.3, -0.25) is 0 Å². The number of aryl methyl sites for hydroxylation is 1. The summed E-state index contributed by atoms with van der Waals surface area (Å²) in [4.78, 5) is 0. The third-order valence-electron chi connectivity index (χ3n) is 1.09. The van der Waals surface area contributed by atoms with Crippen LogP contribution in [0.2, 0.25) is 0 Å². The Balaban J connectivity index is 2.27. The quantitative estimate of drug-likeness (QED) is 0.536. The van der Waals surface area contributed by atoms with E-state index >= 15 is 0 Å². The van der Waals surface area contributed by atoms with Gasteiger partial charge in [0.05, 0.1) is 0 Å². The van der Waals surface area contributed by atoms with Crippen molar-refractivity contribution in [2.24, 2.45) is 0 Å². The van der Waals surface area contributed by atoms with Crippen LogP contribution in [0, 0.1) is 6.92 Å². The molecule has 0 saturated carbocycles. The molecule has 1 heterocycles. The monoisotopic (exact) mass is 173 g/mol. The molecule has 1 rings (SSSR count). The molecule has 11 heavy (non-hydrogen) atoms. The molecule has 0 atom stereocenters. The van der Waals surface area contributed by atoms with Crippen LogP contribution in [0.4, 0.5) is 0 Å². The van der Waals surface area contributed by atoms with Gasteiger partial charge in [0, 0.05) is 19.2 Å². The van der Waals surface area contributed by atoms with E-state index in [1.165, 1.54) is 0 Å². The Morgan fingerprint density at radius 2 is 2.36 bits per heavy atom. The molecular weight excluding hydrogens is 162 g/mol. The van der Waals surface area contributed by atoms with Gasteiger partial charge in [0.1, 0.15) is 0 Å². The topological polar surface area (TPSA) is 51.0 Å². The Hall–Kier alpha value is -0.550. The smallest absolute Gasteiger partial charge is 0.276 e. The van der Waals surface area contributed by atoms with Crippen molar-refractivity contribution in [2.75, 3.05) is 19.3 Å². The van der Waals surface area contributed by atoms with Gasteiger partial charge in [0.2, 0.25) is 5.89 Å². The van der Waals surface area contributed by atoms with Crippen molar-refractivity contribution in [1.29, 1.82) is 0 Å². The van der Waals surface area contributed by atoms with Crippen LogP contribution in [0.5, 0.6) is 0 Å². The second-order valence-corrected chi connectivity index (χ2v) is 3.09. The van der Waals surface area contributed by atoms with Gasteiger partial charge in [-0.05, 0) is 7.05 Å². The minimum atomic E-state index is 0.622. The lowest BCUT2D eigenvalue weighted by molar-refractivity contribution is 0.429. The number of hydrogen-bond acceptors (Lipinski definition) is 5. The number of nitrogens with zero attached hydrogens (tertiary/aromatic N) is 2. The second kappa shape index (κ2) is 4.35. The zero-order valence-electron chi connectivity index (χ0n) is 6.63. The first kappa shape index (κ1) is 8.55. The molecule has 0 unspecified atom stereocenters. The lowest BCUT2D eigenvalue weighted by Gasteiger charge is -1.93. The fourth-order valence-electron chi connectivity index (χ4n) is 0.577. The van der Waals surface area contributed by atoms with Crippen molar-refractivity contribution in [3.8, 4) is 0 Å². The number of aromatic nitrogens is 2. The molecule has 1 N–H and O–H groups in total. The summed E-state index contributed by atoms with van der Waals surface area (Å²) in [6.45, 7) is 2.74. The Bertz CT molecular complexity index is 213. The van der Waals surface area contributed by atoms with Gasteiger partial charge >= 0.3 is 0 Å². The summed E-state index contributed by atoms with van der Waals surface area (Å²) in [6.07, 6.45) is 0. The molecular formula is C6H11N3OS. The van der Waals surface area contributed by atoms with Gasteiger partial charge in [-0.1, -0.05) is 11.8 Å². The fraction of sp³-hybridized carbons (Fsp3) is 0.667. The van der Waals surface area contributed by atoms with Gasteiger partial charge in [0.15, 0.2) is 0 Å². The highest BCUT2D eigenvalue weighted by atomic mass is 32.2. The molecule has 4 nitrogen and oxygen atoms in total. The molecule has 0 radical (unpaired) electrons. The summed E-state index contributed by atoms with van der Waals surface area (Å²) in [5.74, 6) is 1.58. The standard InChI is InChI=1S/C6H11N3OS/c1-5-8-9-6(10-5)11-4-3-7-2/h7H,3-4H2,1-2H3. The van der Waals surface area contributed by atoms with E-state index < -0.39 is 0 Å². The third-order valence-corrected chi connectivity index (χ3v) is 1.91. The summed E-state index contributed by atoms with van der Waals surface area (Å²) in [6, 6.07) is 0. The first-order valence-corrected chi connectivity index (χ1v) is 4.39. The van der Waals surface area contributed by atoms with E-state index in [0.29, 0.717) is 11.1 Å². The minimum Gasteiger partial charge on any atom is -0.416 e. The molecule has 0 aliphatic carbocycles. The van der Waals surface area contributed by atoms with E-state index in [2.05, 4.69) is 15.5 Å². The van der Waals surface area contributed by atoms with Crippen molar-refractivity contribution in [3.05, 3.63) is 5.89 Å². The molecule has 0 aliphatic heterocycles. The van der Waals surface area contributed by atoms with Gasteiger partial charge in [-0.2, -0.15) is 0 Å². The molecule has 0 fully saturated rings. The largest absolute Gasteiger partial charge is 0.416 e. The molecule has 0 amide bonds. The Labute approximate surface area is 69.8 Å². The number of hydrogen-bond donors (Lipinski definition) is 1. The van der Waals surface area contributed by atoms with Gasteiger partial charge in [-0.15, -0.1) is 10.2 Å². The molecule has 1 aromatic rings. The van der Waals surface area contributed by atoms with E-state index in [4.69, 9.17) is 4.42 Å². The van der Waals surface area contributed by atoms with Crippen LogP contribution in [0.3, 0.4) is 0 Å². The Kier molecular flexibility index (Phi) is 3.38. The average Bonchev–Trinajstić information content (AvgIpc) is 2.37. The summed E-state index contributed by atoms with van der Waals surface area (Å²) in [5.41, 5.74) is 0. The fourth-order valence-corrected chi connectivity index (χ4v) is 1.34. The molecule has 5 heteroatoms. The SMILES string of the molecule is CNCCSc1nnc(C)o1. The van der Waals surface area contributed by atoms with Gasteiger partial charge in [-0.25, -0.2) is 0 Å². The number of nitrogens with one attached hydrogen (secondary N) is 1. The van der Waals surface area contributed by atoms with Crippen LogP contribution in [-0.2, 0) is 0 Å². The summed E-state index contributed by atoms with van der Waals surface area (Å²) < 4.78 is 5.14. The van der Waals surface area contributed by atoms with Crippen molar-refractivity contribution in [3.63, 3.8) is 0 Å². The van der Waals surface area contributed by atoms with E-state index in [1.807, 2.05) is 7.05 Å².